The standard InChI is InChI=1S/C11H20N2O2/c1-9-7-13(6-4-5-11(14)15)8-10(2)12(9)3/h4-5,9-10H,6-8H2,1-3H3,(H,14,15)/b5-4+. The molecule has 86 valence electrons. The molecule has 2 atom stereocenters. The molecule has 1 N–H and O–H groups in total. The lowest BCUT2D eigenvalue weighted by atomic mass is 10.1. The largest absolute Gasteiger partial charge is 0.478 e. The van der Waals surface area contributed by atoms with Crippen LogP contribution in [0.2, 0.25) is 0 Å². The van der Waals surface area contributed by atoms with Gasteiger partial charge in [-0.15, -0.1) is 0 Å². The Morgan fingerprint density at radius 2 is 1.93 bits per heavy atom. The molecule has 0 aromatic heterocycles. The van der Waals surface area contributed by atoms with E-state index in [1.165, 1.54) is 6.08 Å². The molecule has 1 fully saturated rings. The second-order valence-electron chi connectivity index (χ2n) is 4.32. The summed E-state index contributed by atoms with van der Waals surface area (Å²) in [5.41, 5.74) is 0. The fourth-order valence-corrected chi connectivity index (χ4v) is 1.97. The van der Waals surface area contributed by atoms with Gasteiger partial charge in [0.1, 0.15) is 0 Å². The average molecular weight is 212 g/mol. The van der Waals surface area contributed by atoms with E-state index in [4.69, 9.17) is 5.11 Å². The van der Waals surface area contributed by atoms with E-state index in [-0.39, 0.29) is 0 Å². The molecule has 0 radical (unpaired) electrons. The minimum Gasteiger partial charge on any atom is -0.478 e. The topological polar surface area (TPSA) is 43.8 Å². The summed E-state index contributed by atoms with van der Waals surface area (Å²) in [6.45, 7) is 7.14. The number of hydrogen-bond acceptors (Lipinski definition) is 3. The number of nitrogens with zero attached hydrogens (tertiary/aromatic N) is 2. The molecule has 4 heteroatoms. The third kappa shape index (κ3) is 3.64. The number of likely N-dealkylation sites (N-methyl/N-ethyl adjacent to an activating group) is 1. The van der Waals surface area contributed by atoms with Gasteiger partial charge in [0.15, 0.2) is 0 Å². The van der Waals surface area contributed by atoms with Crippen molar-refractivity contribution in [1.82, 2.24) is 9.80 Å². The van der Waals surface area contributed by atoms with E-state index in [0.29, 0.717) is 12.1 Å². The van der Waals surface area contributed by atoms with Crippen molar-refractivity contribution in [2.75, 3.05) is 26.7 Å². The van der Waals surface area contributed by atoms with Crippen molar-refractivity contribution in [2.45, 2.75) is 25.9 Å². The van der Waals surface area contributed by atoms with Crippen LogP contribution in [-0.2, 0) is 4.79 Å². The molecule has 4 nitrogen and oxygen atoms in total. The van der Waals surface area contributed by atoms with Crippen LogP contribution in [0.3, 0.4) is 0 Å². The molecule has 2 unspecified atom stereocenters. The number of carbonyl (C=O) groups is 1. The van der Waals surface area contributed by atoms with Gasteiger partial charge < -0.3 is 5.11 Å². The molecule has 1 aliphatic heterocycles. The van der Waals surface area contributed by atoms with Crippen LogP contribution in [-0.4, -0.2) is 59.6 Å². The molecule has 0 saturated carbocycles. The molecule has 0 spiro atoms. The minimum atomic E-state index is -0.870. The molecular weight excluding hydrogens is 192 g/mol. The average Bonchev–Trinajstić information content (AvgIpc) is 2.13. The summed E-state index contributed by atoms with van der Waals surface area (Å²) in [7, 11) is 2.14. The number of hydrogen-bond donors (Lipinski definition) is 1. The van der Waals surface area contributed by atoms with Gasteiger partial charge in [-0.3, -0.25) is 9.80 Å². The molecule has 0 aromatic carbocycles. The van der Waals surface area contributed by atoms with E-state index in [0.717, 1.165) is 19.6 Å². The first-order valence-corrected chi connectivity index (χ1v) is 5.34. The summed E-state index contributed by atoms with van der Waals surface area (Å²) in [5, 5.41) is 8.48. The molecule has 0 aliphatic carbocycles. The zero-order valence-corrected chi connectivity index (χ0v) is 9.68. The number of piperazine rings is 1. The van der Waals surface area contributed by atoms with Crippen molar-refractivity contribution in [2.24, 2.45) is 0 Å². The van der Waals surface area contributed by atoms with Crippen LogP contribution in [0, 0.1) is 0 Å². The monoisotopic (exact) mass is 212 g/mol. The van der Waals surface area contributed by atoms with Crippen molar-refractivity contribution < 1.29 is 9.90 Å². The van der Waals surface area contributed by atoms with Crippen molar-refractivity contribution in [3.05, 3.63) is 12.2 Å². The highest BCUT2D eigenvalue weighted by Crippen LogP contribution is 2.12. The molecule has 1 rings (SSSR count). The van der Waals surface area contributed by atoms with Gasteiger partial charge in [0, 0.05) is 37.8 Å². The van der Waals surface area contributed by atoms with E-state index in [2.05, 4.69) is 30.7 Å². The quantitative estimate of drug-likeness (QED) is 0.698. The highest BCUT2D eigenvalue weighted by atomic mass is 16.4. The molecule has 1 heterocycles. The van der Waals surface area contributed by atoms with Gasteiger partial charge in [0.25, 0.3) is 0 Å². The Morgan fingerprint density at radius 1 is 1.40 bits per heavy atom. The summed E-state index contributed by atoms with van der Waals surface area (Å²) in [4.78, 5) is 15.0. The predicted molar refractivity (Wildman–Crippen MR) is 59.9 cm³/mol. The first kappa shape index (κ1) is 12.2. The Morgan fingerprint density at radius 3 is 2.40 bits per heavy atom. The lowest BCUT2D eigenvalue weighted by Gasteiger charge is -2.42. The maximum absolute atomic E-state index is 10.3. The molecule has 0 aromatic rings. The fourth-order valence-electron chi connectivity index (χ4n) is 1.97. The lowest BCUT2D eigenvalue weighted by Crippen LogP contribution is -2.54. The highest BCUT2D eigenvalue weighted by Gasteiger charge is 2.25. The first-order valence-electron chi connectivity index (χ1n) is 5.34. The fraction of sp³-hybridized carbons (Fsp3) is 0.727. The van der Waals surface area contributed by atoms with Crippen LogP contribution in [0.1, 0.15) is 13.8 Å². The van der Waals surface area contributed by atoms with Crippen molar-refractivity contribution in [1.29, 1.82) is 0 Å². The Hall–Kier alpha value is -0.870. The summed E-state index contributed by atoms with van der Waals surface area (Å²) >= 11 is 0. The maximum Gasteiger partial charge on any atom is 0.328 e. The van der Waals surface area contributed by atoms with Crippen LogP contribution in [0.5, 0.6) is 0 Å². The van der Waals surface area contributed by atoms with Crippen LogP contribution in [0.4, 0.5) is 0 Å². The van der Waals surface area contributed by atoms with E-state index >= 15 is 0 Å². The molecule has 1 saturated heterocycles. The van der Waals surface area contributed by atoms with Gasteiger partial charge in [0.2, 0.25) is 0 Å². The molecule has 0 amide bonds. The van der Waals surface area contributed by atoms with Crippen LogP contribution >= 0.6 is 0 Å². The zero-order valence-electron chi connectivity index (χ0n) is 9.68. The van der Waals surface area contributed by atoms with Gasteiger partial charge in [0.05, 0.1) is 0 Å². The predicted octanol–water partition coefficient (Wildman–Crippen LogP) is 0.652. The third-order valence-corrected chi connectivity index (χ3v) is 3.06. The van der Waals surface area contributed by atoms with E-state index in [1.807, 2.05) is 0 Å². The number of rotatable bonds is 3. The number of carboxylic acid groups (broad SMARTS) is 1. The van der Waals surface area contributed by atoms with Crippen LogP contribution < -0.4 is 0 Å². The Balaban J connectivity index is 2.41. The molecular formula is C11H20N2O2. The first-order chi connectivity index (χ1) is 7.00. The van der Waals surface area contributed by atoms with Gasteiger partial charge in [-0.25, -0.2) is 4.79 Å². The van der Waals surface area contributed by atoms with Crippen molar-refractivity contribution >= 4 is 5.97 Å². The van der Waals surface area contributed by atoms with E-state index in [9.17, 15) is 4.79 Å². The number of aliphatic carboxylic acids is 1. The smallest absolute Gasteiger partial charge is 0.328 e. The maximum atomic E-state index is 10.3. The van der Waals surface area contributed by atoms with Crippen LogP contribution in [0.25, 0.3) is 0 Å². The van der Waals surface area contributed by atoms with Crippen molar-refractivity contribution in [3.63, 3.8) is 0 Å². The lowest BCUT2D eigenvalue weighted by molar-refractivity contribution is -0.131. The van der Waals surface area contributed by atoms with Gasteiger partial charge >= 0.3 is 5.97 Å². The van der Waals surface area contributed by atoms with E-state index < -0.39 is 5.97 Å². The third-order valence-electron chi connectivity index (χ3n) is 3.06. The summed E-state index contributed by atoms with van der Waals surface area (Å²) in [5.74, 6) is -0.870. The van der Waals surface area contributed by atoms with E-state index in [1.54, 1.807) is 6.08 Å². The normalized spacial score (nSPS) is 29.8. The Bertz CT molecular complexity index is 241. The van der Waals surface area contributed by atoms with Crippen LogP contribution in [0.15, 0.2) is 12.2 Å². The zero-order chi connectivity index (χ0) is 11.4. The molecule has 15 heavy (non-hydrogen) atoms. The SMILES string of the molecule is CC1CN(C/C=C/C(=O)O)CC(C)N1C. The molecule has 0 bridgehead atoms. The van der Waals surface area contributed by atoms with Gasteiger partial charge in [-0.05, 0) is 20.9 Å². The van der Waals surface area contributed by atoms with Crippen molar-refractivity contribution in [3.8, 4) is 0 Å². The summed E-state index contributed by atoms with van der Waals surface area (Å²) in [6, 6.07) is 1.07. The Labute approximate surface area is 91.2 Å². The highest BCUT2D eigenvalue weighted by molar-refractivity contribution is 5.79. The van der Waals surface area contributed by atoms with Gasteiger partial charge in [-0.1, -0.05) is 6.08 Å². The summed E-state index contributed by atoms with van der Waals surface area (Å²) in [6.07, 6.45) is 2.93. The molecule has 1 aliphatic rings. The minimum absolute atomic E-state index is 0.534. The number of carboxylic acids is 1. The summed E-state index contributed by atoms with van der Waals surface area (Å²) < 4.78 is 0. The second kappa shape index (κ2) is 5.28. The van der Waals surface area contributed by atoms with Gasteiger partial charge in [-0.2, -0.15) is 0 Å². The Kier molecular flexibility index (Phi) is 4.29. The second-order valence-corrected chi connectivity index (χ2v) is 4.32.